The topological polar surface area (TPSA) is 54.7 Å². The molecule has 0 saturated heterocycles. The van der Waals surface area contributed by atoms with Crippen molar-refractivity contribution < 1.29 is 4.79 Å². The van der Waals surface area contributed by atoms with Crippen LogP contribution in [0, 0.1) is 0 Å². The molecule has 0 spiro atoms. The monoisotopic (exact) mass is 387 g/mol. The summed E-state index contributed by atoms with van der Waals surface area (Å²) in [6.07, 6.45) is 2.58. The molecule has 0 aliphatic carbocycles. The molecule has 3 aromatic rings. The molecule has 2 aromatic heterocycles. The molecule has 0 atom stereocenters. The SMILES string of the molecule is CCN(CCc1ccccc1)C(=O)CSCc1cc(=O)n2ccsc2n1. The number of fused-ring (bicyclic) bond motifs is 1. The van der Waals surface area contributed by atoms with Crippen LogP contribution in [0.4, 0.5) is 0 Å². The highest BCUT2D eigenvalue weighted by atomic mass is 32.2. The van der Waals surface area contributed by atoms with Gasteiger partial charge in [-0.1, -0.05) is 30.3 Å². The summed E-state index contributed by atoms with van der Waals surface area (Å²) in [6, 6.07) is 11.7. The largest absolute Gasteiger partial charge is 0.342 e. The Hall–Kier alpha value is -2.12. The molecule has 0 aliphatic heterocycles. The summed E-state index contributed by atoms with van der Waals surface area (Å²) in [5, 5.41) is 1.84. The van der Waals surface area contributed by atoms with Gasteiger partial charge in [0.2, 0.25) is 5.91 Å². The molecule has 2 heterocycles. The van der Waals surface area contributed by atoms with E-state index in [9.17, 15) is 9.59 Å². The minimum Gasteiger partial charge on any atom is -0.342 e. The van der Waals surface area contributed by atoms with Crippen LogP contribution in [0.5, 0.6) is 0 Å². The molecular weight excluding hydrogens is 366 g/mol. The van der Waals surface area contributed by atoms with Crippen LogP contribution in [-0.4, -0.2) is 39.0 Å². The third-order valence-electron chi connectivity index (χ3n) is 4.08. The second-order valence-electron chi connectivity index (χ2n) is 5.84. The number of amides is 1. The van der Waals surface area contributed by atoms with Crippen LogP contribution in [0.15, 0.2) is 52.8 Å². The van der Waals surface area contributed by atoms with Gasteiger partial charge >= 0.3 is 0 Å². The molecule has 0 fully saturated rings. The van der Waals surface area contributed by atoms with Crippen molar-refractivity contribution in [1.29, 1.82) is 0 Å². The number of hydrogen-bond acceptors (Lipinski definition) is 5. The number of aromatic nitrogens is 2. The maximum atomic E-state index is 12.4. The van der Waals surface area contributed by atoms with E-state index in [-0.39, 0.29) is 11.5 Å². The van der Waals surface area contributed by atoms with Crippen molar-refractivity contribution in [3.8, 4) is 0 Å². The first-order valence-electron chi connectivity index (χ1n) is 8.52. The molecule has 0 saturated carbocycles. The summed E-state index contributed by atoms with van der Waals surface area (Å²) in [4.78, 5) is 31.5. The van der Waals surface area contributed by atoms with E-state index in [1.54, 1.807) is 12.3 Å². The van der Waals surface area contributed by atoms with Crippen LogP contribution in [0.3, 0.4) is 0 Å². The van der Waals surface area contributed by atoms with Crippen molar-refractivity contribution in [2.24, 2.45) is 0 Å². The Morgan fingerprint density at radius 2 is 2.12 bits per heavy atom. The van der Waals surface area contributed by atoms with E-state index in [2.05, 4.69) is 17.1 Å². The molecular formula is C19H21N3O2S2. The molecule has 0 aliphatic rings. The van der Waals surface area contributed by atoms with Gasteiger partial charge in [0.1, 0.15) is 0 Å². The van der Waals surface area contributed by atoms with Crippen molar-refractivity contribution in [1.82, 2.24) is 14.3 Å². The number of thioether (sulfide) groups is 1. The Kier molecular flexibility index (Phi) is 6.46. The van der Waals surface area contributed by atoms with Gasteiger partial charge in [-0.2, -0.15) is 0 Å². The van der Waals surface area contributed by atoms with E-state index >= 15 is 0 Å². The predicted molar refractivity (Wildman–Crippen MR) is 108 cm³/mol. The van der Waals surface area contributed by atoms with Crippen LogP contribution < -0.4 is 5.56 Å². The maximum Gasteiger partial charge on any atom is 0.258 e. The minimum absolute atomic E-state index is 0.0729. The molecule has 1 aromatic carbocycles. The van der Waals surface area contributed by atoms with Crippen LogP contribution in [0.2, 0.25) is 0 Å². The standard InChI is InChI=1S/C19H21N3O2S2/c1-2-21(9-8-15-6-4-3-5-7-15)18(24)14-25-13-16-12-17(23)22-10-11-26-19(22)20-16/h3-7,10-12H,2,8-9,13-14H2,1H3. The van der Waals surface area contributed by atoms with Crippen molar-refractivity contribution in [3.05, 3.63) is 69.6 Å². The summed E-state index contributed by atoms with van der Waals surface area (Å²) in [7, 11) is 0. The minimum atomic E-state index is -0.0729. The van der Waals surface area contributed by atoms with Crippen LogP contribution >= 0.6 is 23.1 Å². The van der Waals surface area contributed by atoms with E-state index in [0.29, 0.717) is 23.0 Å². The molecule has 0 radical (unpaired) electrons. The third kappa shape index (κ3) is 4.74. The van der Waals surface area contributed by atoms with Crippen molar-refractivity contribution in [3.63, 3.8) is 0 Å². The summed E-state index contributed by atoms with van der Waals surface area (Å²) >= 11 is 2.94. The van der Waals surface area contributed by atoms with Gasteiger partial charge in [0, 0.05) is 36.5 Å². The molecule has 7 heteroatoms. The Labute approximate surface area is 160 Å². The average Bonchev–Trinajstić information content (AvgIpc) is 3.12. The number of carbonyl (C=O) groups excluding carboxylic acids is 1. The van der Waals surface area contributed by atoms with E-state index < -0.39 is 0 Å². The fourth-order valence-electron chi connectivity index (χ4n) is 2.66. The number of rotatable bonds is 8. The van der Waals surface area contributed by atoms with E-state index in [0.717, 1.165) is 18.7 Å². The lowest BCUT2D eigenvalue weighted by atomic mass is 10.1. The highest BCUT2D eigenvalue weighted by molar-refractivity contribution is 7.99. The first kappa shape index (κ1) is 18.7. The van der Waals surface area contributed by atoms with Crippen LogP contribution in [-0.2, 0) is 17.0 Å². The average molecular weight is 388 g/mol. The molecule has 0 unspecified atom stereocenters. The van der Waals surface area contributed by atoms with Gasteiger partial charge in [0.25, 0.3) is 5.56 Å². The number of nitrogens with zero attached hydrogens (tertiary/aromatic N) is 3. The third-order valence-corrected chi connectivity index (χ3v) is 5.79. The van der Waals surface area contributed by atoms with Gasteiger partial charge in [0.05, 0.1) is 11.4 Å². The second kappa shape index (κ2) is 9.00. The van der Waals surface area contributed by atoms with Gasteiger partial charge < -0.3 is 4.90 Å². The Morgan fingerprint density at radius 1 is 1.31 bits per heavy atom. The van der Waals surface area contributed by atoms with Gasteiger partial charge in [-0.25, -0.2) is 4.98 Å². The molecule has 0 bridgehead atoms. The number of thiazole rings is 1. The normalized spacial score (nSPS) is 11.0. The summed E-state index contributed by atoms with van der Waals surface area (Å²) in [6.45, 7) is 3.43. The Bertz CT molecular complexity index is 921. The van der Waals surface area contributed by atoms with Crippen molar-refractivity contribution in [2.75, 3.05) is 18.8 Å². The molecule has 0 N–H and O–H groups in total. The van der Waals surface area contributed by atoms with Crippen molar-refractivity contribution in [2.45, 2.75) is 19.1 Å². The first-order valence-corrected chi connectivity index (χ1v) is 10.6. The Morgan fingerprint density at radius 3 is 2.88 bits per heavy atom. The summed E-state index contributed by atoms with van der Waals surface area (Å²) in [5.41, 5.74) is 1.89. The van der Waals surface area contributed by atoms with Crippen LogP contribution in [0.25, 0.3) is 4.96 Å². The van der Waals surface area contributed by atoms with Gasteiger partial charge in [-0.3, -0.25) is 14.0 Å². The first-order chi connectivity index (χ1) is 12.7. The fourth-order valence-corrected chi connectivity index (χ4v) is 4.22. The van der Waals surface area contributed by atoms with Gasteiger partial charge in [0.15, 0.2) is 4.96 Å². The zero-order valence-corrected chi connectivity index (χ0v) is 16.3. The lowest BCUT2D eigenvalue weighted by molar-refractivity contribution is -0.128. The van der Waals surface area contributed by atoms with Gasteiger partial charge in [-0.15, -0.1) is 23.1 Å². The van der Waals surface area contributed by atoms with Gasteiger partial charge in [-0.05, 0) is 18.9 Å². The molecule has 3 rings (SSSR count). The smallest absolute Gasteiger partial charge is 0.258 e. The number of carbonyl (C=O) groups is 1. The lowest BCUT2D eigenvalue weighted by Gasteiger charge is -2.20. The zero-order chi connectivity index (χ0) is 18.4. The predicted octanol–water partition coefficient (Wildman–Crippen LogP) is 3.08. The quantitative estimate of drug-likeness (QED) is 0.596. The molecule has 26 heavy (non-hydrogen) atoms. The van der Waals surface area contributed by atoms with E-state index in [1.807, 2.05) is 35.4 Å². The van der Waals surface area contributed by atoms with Crippen molar-refractivity contribution >= 4 is 34.0 Å². The number of likely N-dealkylation sites (N-methyl/N-ethyl adjacent to an activating group) is 1. The van der Waals surface area contributed by atoms with Crippen LogP contribution in [0.1, 0.15) is 18.2 Å². The number of benzene rings is 1. The highest BCUT2D eigenvalue weighted by Crippen LogP contribution is 2.13. The summed E-state index contributed by atoms with van der Waals surface area (Å²) < 4.78 is 1.53. The fraction of sp³-hybridized carbons (Fsp3) is 0.316. The Balaban J connectivity index is 1.50. The molecule has 136 valence electrons. The second-order valence-corrected chi connectivity index (χ2v) is 7.70. The number of hydrogen-bond donors (Lipinski definition) is 0. The molecule has 1 amide bonds. The van der Waals surface area contributed by atoms with E-state index in [1.165, 1.54) is 33.1 Å². The highest BCUT2D eigenvalue weighted by Gasteiger charge is 2.12. The van der Waals surface area contributed by atoms with E-state index in [4.69, 9.17) is 0 Å². The molecule has 5 nitrogen and oxygen atoms in total. The lowest BCUT2D eigenvalue weighted by Crippen LogP contribution is -2.34. The summed E-state index contributed by atoms with van der Waals surface area (Å²) in [5.74, 6) is 1.09. The zero-order valence-electron chi connectivity index (χ0n) is 14.6. The maximum absolute atomic E-state index is 12.4.